The highest BCUT2D eigenvalue weighted by Gasteiger charge is 2.05. The van der Waals surface area contributed by atoms with Crippen molar-refractivity contribution in [3.05, 3.63) is 28.2 Å². The molecule has 0 radical (unpaired) electrons. The van der Waals surface area contributed by atoms with Gasteiger partial charge in [-0.05, 0) is 12.1 Å². The van der Waals surface area contributed by atoms with E-state index in [2.05, 4.69) is 4.72 Å². The molecule has 0 fully saturated rings. The second-order valence-corrected chi connectivity index (χ2v) is 5.69. The van der Waals surface area contributed by atoms with E-state index in [9.17, 15) is 8.42 Å². The molecule has 0 saturated heterocycles. The lowest BCUT2D eigenvalue weighted by Gasteiger charge is -2.08. The highest BCUT2D eigenvalue weighted by Crippen LogP contribution is 2.31. The first-order valence-corrected chi connectivity index (χ1v) is 7.06. The van der Waals surface area contributed by atoms with E-state index < -0.39 is 10.0 Å². The number of halogens is 2. The van der Waals surface area contributed by atoms with Crippen LogP contribution in [-0.2, 0) is 10.0 Å². The van der Waals surface area contributed by atoms with E-state index in [1.807, 2.05) is 0 Å². The summed E-state index contributed by atoms with van der Waals surface area (Å²) in [6, 6.07) is 5.01. The molecule has 0 bridgehead atoms. The van der Waals surface area contributed by atoms with E-state index >= 15 is 0 Å². The van der Waals surface area contributed by atoms with Crippen molar-refractivity contribution in [1.82, 2.24) is 4.72 Å². The molecule has 1 aromatic rings. The molecule has 0 atom stereocenters. The zero-order chi connectivity index (χ0) is 12.2. The van der Waals surface area contributed by atoms with Crippen molar-refractivity contribution in [2.75, 3.05) is 19.4 Å². The number of hydrogen-bond donors (Lipinski definition) is 1. The van der Waals surface area contributed by atoms with Gasteiger partial charge in [0.2, 0.25) is 10.0 Å². The normalized spacial score (nSPS) is 11.4. The monoisotopic (exact) mass is 283 g/mol. The number of hydrogen-bond acceptors (Lipinski definition) is 3. The third-order valence-corrected chi connectivity index (χ3v) is 3.17. The van der Waals surface area contributed by atoms with Crippen LogP contribution in [0.25, 0.3) is 0 Å². The van der Waals surface area contributed by atoms with Gasteiger partial charge in [-0.1, -0.05) is 29.3 Å². The molecule has 0 amide bonds. The van der Waals surface area contributed by atoms with Crippen LogP contribution in [0.15, 0.2) is 18.2 Å². The summed E-state index contributed by atoms with van der Waals surface area (Å²) in [5.41, 5.74) is 0. The summed E-state index contributed by atoms with van der Waals surface area (Å²) in [5, 5.41) is 0.721. The van der Waals surface area contributed by atoms with Crippen LogP contribution < -0.4 is 9.46 Å². The predicted octanol–water partition coefficient (Wildman–Crippen LogP) is 1.92. The number of benzene rings is 1. The molecule has 4 nitrogen and oxygen atoms in total. The summed E-state index contributed by atoms with van der Waals surface area (Å²) >= 11 is 11.6. The van der Waals surface area contributed by atoms with Crippen LogP contribution >= 0.6 is 23.2 Å². The van der Waals surface area contributed by atoms with E-state index in [1.54, 1.807) is 18.2 Å². The van der Waals surface area contributed by atoms with Crippen molar-refractivity contribution < 1.29 is 13.2 Å². The van der Waals surface area contributed by atoms with Gasteiger partial charge in [-0.15, -0.1) is 0 Å². The fourth-order valence-corrected chi connectivity index (χ4v) is 1.78. The van der Waals surface area contributed by atoms with Gasteiger partial charge in [-0.3, -0.25) is 0 Å². The summed E-state index contributed by atoms with van der Waals surface area (Å²) in [4.78, 5) is 0. The number of nitrogens with one attached hydrogen (secondary N) is 1. The number of ether oxygens (including phenoxy) is 1. The van der Waals surface area contributed by atoms with Crippen LogP contribution in [0.5, 0.6) is 5.75 Å². The molecule has 1 rings (SSSR count). The maximum Gasteiger partial charge on any atom is 0.208 e. The summed E-state index contributed by atoms with van der Waals surface area (Å²) in [5.74, 6) is 0.435. The van der Waals surface area contributed by atoms with Crippen LogP contribution in [-0.4, -0.2) is 27.8 Å². The first-order valence-electron chi connectivity index (χ1n) is 4.41. The van der Waals surface area contributed by atoms with Crippen LogP contribution in [0.3, 0.4) is 0 Å². The first-order chi connectivity index (χ1) is 7.40. The maximum absolute atomic E-state index is 10.7. The molecule has 16 heavy (non-hydrogen) atoms. The second kappa shape index (κ2) is 5.72. The van der Waals surface area contributed by atoms with Crippen molar-refractivity contribution >= 4 is 33.2 Å². The molecule has 0 heterocycles. The summed E-state index contributed by atoms with van der Waals surface area (Å²) < 4.78 is 29.1. The molecule has 0 unspecified atom stereocenters. The van der Waals surface area contributed by atoms with Gasteiger partial charge >= 0.3 is 0 Å². The Labute approximate surface area is 105 Å². The quantitative estimate of drug-likeness (QED) is 0.840. The van der Waals surface area contributed by atoms with E-state index in [-0.39, 0.29) is 13.2 Å². The number of rotatable bonds is 5. The minimum atomic E-state index is -3.19. The fraction of sp³-hybridized carbons (Fsp3) is 0.333. The SMILES string of the molecule is CS(=O)(=O)NCCOc1cccc(Cl)c1Cl. The summed E-state index contributed by atoms with van der Waals surface area (Å²) in [6.45, 7) is 0.370. The van der Waals surface area contributed by atoms with Crippen molar-refractivity contribution in [3.8, 4) is 5.75 Å². The van der Waals surface area contributed by atoms with Crippen molar-refractivity contribution in [1.29, 1.82) is 0 Å². The van der Waals surface area contributed by atoms with Gasteiger partial charge in [0.15, 0.2) is 0 Å². The molecule has 0 aliphatic carbocycles. The van der Waals surface area contributed by atoms with Crippen molar-refractivity contribution in [2.45, 2.75) is 0 Å². The third kappa shape index (κ3) is 4.57. The zero-order valence-electron chi connectivity index (χ0n) is 8.54. The Kier molecular flexibility index (Phi) is 4.86. The minimum absolute atomic E-state index is 0.182. The van der Waals surface area contributed by atoms with Crippen LogP contribution in [0.2, 0.25) is 10.0 Å². The highest BCUT2D eigenvalue weighted by molar-refractivity contribution is 7.88. The molecule has 0 spiro atoms. The summed E-state index contributed by atoms with van der Waals surface area (Å²) in [7, 11) is -3.19. The topological polar surface area (TPSA) is 55.4 Å². The maximum atomic E-state index is 10.7. The molecular weight excluding hydrogens is 273 g/mol. The van der Waals surface area contributed by atoms with Gasteiger partial charge in [0.25, 0.3) is 0 Å². The van der Waals surface area contributed by atoms with Crippen molar-refractivity contribution in [3.63, 3.8) is 0 Å². The fourth-order valence-electron chi connectivity index (χ4n) is 0.984. The lowest BCUT2D eigenvalue weighted by Crippen LogP contribution is -2.26. The first kappa shape index (κ1) is 13.6. The van der Waals surface area contributed by atoms with Crippen LogP contribution in [0, 0.1) is 0 Å². The molecule has 0 aliphatic rings. The Hall–Kier alpha value is -0.490. The molecule has 7 heteroatoms. The zero-order valence-corrected chi connectivity index (χ0v) is 10.9. The van der Waals surface area contributed by atoms with Gasteiger partial charge in [0, 0.05) is 6.54 Å². The largest absolute Gasteiger partial charge is 0.491 e. The lowest BCUT2D eigenvalue weighted by molar-refractivity contribution is 0.323. The van der Waals surface area contributed by atoms with Gasteiger partial charge in [-0.2, -0.15) is 0 Å². The van der Waals surface area contributed by atoms with Gasteiger partial charge in [0.05, 0.1) is 11.3 Å². The van der Waals surface area contributed by atoms with Gasteiger partial charge in [0.1, 0.15) is 17.4 Å². The molecule has 90 valence electrons. The lowest BCUT2D eigenvalue weighted by atomic mass is 10.3. The molecular formula is C9H11Cl2NO3S. The summed E-state index contributed by atoms with van der Waals surface area (Å²) in [6.07, 6.45) is 1.08. The highest BCUT2D eigenvalue weighted by atomic mass is 35.5. The molecule has 1 N–H and O–H groups in total. The molecule has 1 aromatic carbocycles. The minimum Gasteiger partial charge on any atom is -0.491 e. The molecule has 0 saturated carbocycles. The predicted molar refractivity (Wildman–Crippen MR) is 64.8 cm³/mol. The van der Waals surface area contributed by atoms with Crippen LogP contribution in [0.4, 0.5) is 0 Å². The molecule has 0 aromatic heterocycles. The Morgan fingerprint density at radius 1 is 1.38 bits per heavy atom. The van der Waals surface area contributed by atoms with E-state index in [0.717, 1.165) is 6.26 Å². The second-order valence-electron chi connectivity index (χ2n) is 3.07. The van der Waals surface area contributed by atoms with Gasteiger partial charge in [-0.25, -0.2) is 13.1 Å². The van der Waals surface area contributed by atoms with E-state index in [4.69, 9.17) is 27.9 Å². The Bertz CT molecular complexity index is 462. The van der Waals surface area contributed by atoms with Crippen molar-refractivity contribution in [2.24, 2.45) is 0 Å². The van der Waals surface area contributed by atoms with E-state index in [1.165, 1.54) is 0 Å². The average molecular weight is 284 g/mol. The Balaban J connectivity index is 2.47. The average Bonchev–Trinajstić information content (AvgIpc) is 2.17. The molecule has 0 aliphatic heterocycles. The smallest absolute Gasteiger partial charge is 0.208 e. The van der Waals surface area contributed by atoms with E-state index in [0.29, 0.717) is 15.8 Å². The standard InChI is InChI=1S/C9H11Cl2NO3S/c1-16(13,14)12-5-6-15-8-4-2-3-7(10)9(8)11/h2-4,12H,5-6H2,1H3. The number of sulfonamides is 1. The van der Waals surface area contributed by atoms with Gasteiger partial charge < -0.3 is 4.74 Å². The van der Waals surface area contributed by atoms with Crippen LogP contribution in [0.1, 0.15) is 0 Å². The Morgan fingerprint density at radius 2 is 2.06 bits per heavy atom. The third-order valence-electron chi connectivity index (χ3n) is 1.64. The Morgan fingerprint density at radius 3 is 2.69 bits per heavy atom.